The Labute approximate surface area is 121 Å². The quantitative estimate of drug-likeness (QED) is 0.839. The topological polar surface area (TPSA) is 46.6 Å². The van der Waals surface area contributed by atoms with E-state index in [4.69, 9.17) is 4.74 Å². The van der Waals surface area contributed by atoms with E-state index in [-0.39, 0.29) is 6.04 Å². The number of methoxy groups -OCH3 is 1. The van der Waals surface area contributed by atoms with Crippen molar-refractivity contribution < 1.29 is 13.2 Å². The second-order valence-electron chi connectivity index (χ2n) is 5.69. The van der Waals surface area contributed by atoms with Crippen molar-refractivity contribution >= 4 is 10.0 Å². The SMILES string of the molecule is COc1cc(C)c(S(=O)(=O)N(C)C(C)C2CC2)cc1C. The Bertz CT molecular complexity index is 606. The molecule has 0 spiro atoms. The van der Waals surface area contributed by atoms with Gasteiger partial charge in [0.15, 0.2) is 0 Å². The number of rotatable bonds is 5. The maximum Gasteiger partial charge on any atom is 0.243 e. The Hall–Kier alpha value is -1.07. The lowest BCUT2D eigenvalue weighted by Gasteiger charge is -2.25. The zero-order valence-corrected chi connectivity index (χ0v) is 13.6. The van der Waals surface area contributed by atoms with Crippen LogP contribution in [0.15, 0.2) is 17.0 Å². The van der Waals surface area contributed by atoms with Crippen LogP contribution in [0.4, 0.5) is 0 Å². The van der Waals surface area contributed by atoms with Crippen LogP contribution in [0.2, 0.25) is 0 Å². The highest BCUT2D eigenvalue weighted by Crippen LogP contribution is 2.37. The fraction of sp³-hybridized carbons (Fsp3) is 0.600. The third-order valence-corrected chi connectivity index (χ3v) is 6.31. The Morgan fingerprint density at radius 1 is 1.25 bits per heavy atom. The average molecular weight is 297 g/mol. The number of benzene rings is 1. The van der Waals surface area contributed by atoms with Gasteiger partial charge in [-0.2, -0.15) is 4.31 Å². The van der Waals surface area contributed by atoms with Gasteiger partial charge in [-0.1, -0.05) is 0 Å². The predicted octanol–water partition coefficient (Wildman–Crippen LogP) is 2.73. The molecule has 1 aliphatic rings. The van der Waals surface area contributed by atoms with Gasteiger partial charge in [-0.05, 0) is 62.8 Å². The zero-order valence-electron chi connectivity index (χ0n) is 12.8. The fourth-order valence-corrected chi connectivity index (χ4v) is 4.22. The van der Waals surface area contributed by atoms with Crippen molar-refractivity contribution in [1.29, 1.82) is 0 Å². The molecule has 1 unspecified atom stereocenters. The summed E-state index contributed by atoms with van der Waals surface area (Å²) < 4.78 is 32.3. The van der Waals surface area contributed by atoms with Crippen LogP contribution in [0.1, 0.15) is 30.9 Å². The first-order chi connectivity index (χ1) is 9.28. The molecule has 1 aliphatic carbocycles. The standard InChI is InChI=1S/C15H23NO3S/c1-10-9-15(11(2)8-14(10)19-5)20(17,18)16(4)12(3)13-6-7-13/h8-9,12-13H,6-7H2,1-5H3. The van der Waals surface area contributed by atoms with Gasteiger partial charge >= 0.3 is 0 Å². The predicted molar refractivity (Wildman–Crippen MR) is 79.6 cm³/mol. The van der Waals surface area contributed by atoms with Crippen LogP contribution >= 0.6 is 0 Å². The van der Waals surface area contributed by atoms with E-state index in [0.29, 0.717) is 10.8 Å². The van der Waals surface area contributed by atoms with Crippen molar-refractivity contribution in [2.45, 2.75) is 44.6 Å². The molecule has 2 rings (SSSR count). The summed E-state index contributed by atoms with van der Waals surface area (Å²) >= 11 is 0. The molecule has 0 aromatic heterocycles. The van der Waals surface area contributed by atoms with Crippen LogP contribution in [-0.4, -0.2) is 32.9 Å². The molecule has 20 heavy (non-hydrogen) atoms. The van der Waals surface area contributed by atoms with Crippen LogP contribution in [-0.2, 0) is 10.0 Å². The molecule has 1 aromatic carbocycles. The van der Waals surface area contributed by atoms with E-state index in [0.717, 1.165) is 29.7 Å². The monoisotopic (exact) mass is 297 g/mol. The summed E-state index contributed by atoms with van der Waals surface area (Å²) in [5.74, 6) is 1.23. The van der Waals surface area contributed by atoms with Crippen molar-refractivity contribution in [3.05, 3.63) is 23.3 Å². The van der Waals surface area contributed by atoms with Gasteiger partial charge in [0.05, 0.1) is 12.0 Å². The molecule has 0 radical (unpaired) electrons. The van der Waals surface area contributed by atoms with Crippen molar-refractivity contribution in [2.75, 3.05) is 14.2 Å². The molecule has 112 valence electrons. The van der Waals surface area contributed by atoms with Gasteiger partial charge in [0.25, 0.3) is 0 Å². The molecule has 0 bridgehead atoms. The molecule has 0 amide bonds. The van der Waals surface area contributed by atoms with Crippen molar-refractivity contribution in [1.82, 2.24) is 4.31 Å². The van der Waals surface area contributed by atoms with Crippen molar-refractivity contribution in [2.24, 2.45) is 5.92 Å². The highest BCUT2D eigenvalue weighted by Gasteiger charge is 2.36. The number of aryl methyl sites for hydroxylation is 2. The summed E-state index contributed by atoms with van der Waals surface area (Å²) in [4.78, 5) is 0.380. The zero-order chi connectivity index (χ0) is 15.1. The minimum absolute atomic E-state index is 0.0572. The van der Waals surface area contributed by atoms with Crippen LogP contribution < -0.4 is 4.74 Å². The maximum absolute atomic E-state index is 12.8. The first kappa shape index (κ1) is 15.3. The number of sulfonamides is 1. The molecule has 0 heterocycles. The summed E-state index contributed by atoms with van der Waals surface area (Å²) in [5, 5.41) is 0. The molecule has 1 fully saturated rings. The van der Waals surface area contributed by atoms with Crippen LogP contribution in [0.5, 0.6) is 5.75 Å². The molecule has 1 saturated carbocycles. The molecule has 0 aliphatic heterocycles. The van der Waals surface area contributed by atoms with E-state index in [1.165, 1.54) is 4.31 Å². The van der Waals surface area contributed by atoms with Gasteiger partial charge in [0.1, 0.15) is 5.75 Å². The summed E-state index contributed by atoms with van der Waals surface area (Å²) in [5.41, 5.74) is 1.56. The Morgan fingerprint density at radius 3 is 2.35 bits per heavy atom. The first-order valence-electron chi connectivity index (χ1n) is 6.92. The first-order valence-corrected chi connectivity index (χ1v) is 8.36. The van der Waals surface area contributed by atoms with Crippen LogP contribution in [0.3, 0.4) is 0 Å². The number of ether oxygens (including phenoxy) is 1. The summed E-state index contributed by atoms with van der Waals surface area (Å²) in [6.07, 6.45) is 2.25. The average Bonchev–Trinajstić information content (AvgIpc) is 3.23. The Kier molecular flexibility index (Phi) is 4.12. The lowest BCUT2D eigenvalue weighted by molar-refractivity contribution is 0.356. The Balaban J connectivity index is 2.40. The van der Waals surface area contributed by atoms with Crippen molar-refractivity contribution in [3.63, 3.8) is 0 Å². The van der Waals surface area contributed by atoms with E-state index in [1.54, 1.807) is 26.3 Å². The third-order valence-electron chi connectivity index (χ3n) is 4.23. The minimum atomic E-state index is -3.44. The normalized spacial score (nSPS) is 17.3. The molecule has 5 heteroatoms. The van der Waals surface area contributed by atoms with Gasteiger partial charge in [-0.25, -0.2) is 8.42 Å². The van der Waals surface area contributed by atoms with Gasteiger partial charge in [-0.3, -0.25) is 0 Å². The molecule has 0 N–H and O–H groups in total. The highest BCUT2D eigenvalue weighted by molar-refractivity contribution is 7.89. The summed E-state index contributed by atoms with van der Waals surface area (Å²) in [6, 6.07) is 3.55. The number of nitrogens with zero attached hydrogens (tertiary/aromatic N) is 1. The van der Waals surface area contributed by atoms with E-state index >= 15 is 0 Å². The lowest BCUT2D eigenvalue weighted by atomic mass is 10.1. The van der Waals surface area contributed by atoms with E-state index in [9.17, 15) is 8.42 Å². The second-order valence-corrected chi connectivity index (χ2v) is 7.65. The largest absolute Gasteiger partial charge is 0.496 e. The summed E-state index contributed by atoms with van der Waals surface area (Å²) in [7, 11) is -0.171. The fourth-order valence-electron chi connectivity index (χ4n) is 2.51. The minimum Gasteiger partial charge on any atom is -0.496 e. The van der Waals surface area contributed by atoms with E-state index in [1.807, 2.05) is 20.8 Å². The Morgan fingerprint density at radius 2 is 1.85 bits per heavy atom. The lowest BCUT2D eigenvalue weighted by Crippen LogP contribution is -2.36. The van der Waals surface area contributed by atoms with E-state index < -0.39 is 10.0 Å². The molecular formula is C15H23NO3S. The van der Waals surface area contributed by atoms with Crippen molar-refractivity contribution in [3.8, 4) is 5.75 Å². The van der Waals surface area contributed by atoms with E-state index in [2.05, 4.69) is 0 Å². The molecule has 1 aromatic rings. The number of hydrogen-bond acceptors (Lipinski definition) is 3. The third kappa shape index (κ3) is 2.69. The maximum atomic E-state index is 12.8. The molecular weight excluding hydrogens is 274 g/mol. The van der Waals surface area contributed by atoms with Gasteiger partial charge in [-0.15, -0.1) is 0 Å². The van der Waals surface area contributed by atoms with Gasteiger partial charge < -0.3 is 4.74 Å². The smallest absolute Gasteiger partial charge is 0.243 e. The summed E-state index contributed by atoms with van der Waals surface area (Å²) in [6.45, 7) is 5.66. The van der Waals surface area contributed by atoms with Crippen LogP contribution in [0, 0.1) is 19.8 Å². The van der Waals surface area contributed by atoms with Crippen LogP contribution in [0.25, 0.3) is 0 Å². The van der Waals surface area contributed by atoms with Gasteiger partial charge in [0.2, 0.25) is 10.0 Å². The molecule has 1 atom stereocenters. The molecule has 4 nitrogen and oxygen atoms in total. The number of hydrogen-bond donors (Lipinski definition) is 0. The second kappa shape index (κ2) is 5.37. The highest BCUT2D eigenvalue weighted by atomic mass is 32.2. The molecule has 0 saturated heterocycles. The van der Waals surface area contributed by atoms with Gasteiger partial charge in [0, 0.05) is 13.1 Å².